The van der Waals surface area contributed by atoms with Crippen molar-refractivity contribution >= 4 is 10.9 Å². The van der Waals surface area contributed by atoms with Crippen LogP contribution in [0, 0.1) is 0 Å². The van der Waals surface area contributed by atoms with E-state index in [2.05, 4.69) is 63.7 Å². The summed E-state index contributed by atoms with van der Waals surface area (Å²) < 4.78 is 4.50. The lowest BCUT2D eigenvalue weighted by Crippen LogP contribution is -2.16. The predicted octanol–water partition coefficient (Wildman–Crippen LogP) is 2.73. The number of rotatable bonds is 6. The van der Waals surface area contributed by atoms with Crippen LogP contribution in [0.4, 0.5) is 0 Å². The highest BCUT2D eigenvalue weighted by molar-refractivity contribution is 5.81. The molecule has 21 heavy (non-hydrogen) atoms. The van der Waals surface area contributed by atoms with Crippen molar-refractivity contribution in [2.75, 3.05) is 6.54 Å². The van der Waals surface area contributed by atoms with E-state index in [0.29, 0.717) is 0 Å². The van der Waals surface area contributed by atoms with Crippen molar-refractivity contribution < 1.29 is 0 Å². The smallest absolute Gasteiger partial charge is 0.110 e. The second kappa shape index (κ2) is 6.14. The quantitative estimate of drug-likeness (QED) is 0.754. The minimum Gasteiger partial charge on any atom is -0.343 e. The summed E-state index contributed by atoms with van der Waals surface area (Å²) in [5, 5.41) is 4.74. The fourth-order valence-electron chi connectivity index (χ4n) is 2.78. The molecule has 0 fully saturated rings. The number of aromatic nitrogens is 3. The third kappa shape index (κ3) is 2.85. The van der Waals surface area contributed by atoms with Gasteiger partial charge < -0.3 is 14.5 Å². The molecule has 110 valence electrons. The van der Waals surface area contributed by atoms with Gasteiger partial charge >= 0.3 is 0 Å². The average molecular weight is 282 g/mol. The number of aryl methyl sites for hydroxylation is 3. The zero-order chi connectivity index (χ0) is 14.7. The largest absolute Gasteiger partial charge is 0.343 e. The van der Waals surface area contributed by atoms with Gasteiger partial charge in [0.25, 0.3) is 0 Å². The molecule has 0 atom stereocenters. The normalized spacial score (nSPS) is 11.3. The summed E-state index contributed by atoms with van der Waals surface area (Å²) in [6, 6.07) is 10.9. The van der Waals surface area contributed by atoms with Gasteiger partial charge in [-0.3, -0.25) is 0 Å². The van der Waals surface area contributed by atoms with Crippen LogP contribution < -0.4 is 5.32 Å². The molecule has 0 aliphatic rings. The van der Waals surface area contributed by atoms with E-state index in [1.807, 2.05) is 12.4 Å². The molecule has 4 nitrogen and oxygen atoms in total. The van der Waals surface area contributed by atoms with Crippen molar-refractivity contribution in [3.63, 3.8) is 0 Å². The minimum atomic E-state index is 0.908. The summed E-state index contributed by atoms with van der Waals surface area (Å²) in [5.74, 6) is 1.13. The second-order valence-corrected chi connectivity index (χ2v) is 5.33. The zero-order valence-corrected chi connectivity index (χ0v) is 12.7. The monoisotopic (exact) mass is 282 g/mol. The van der Waals surface area contributed by atoms with Crippen molar-refractivity contribution in [3.05, 3.63) is 54.2 Å². The van der Waals surface area contributed by atoms with Gasteiger partial charge in [0, 0.05) is 50.2 Å². The van der Waals surface area contributed by atoms with Gasteiger partial charge in [-0.15, -0.1) is 0 Å². The Bertz CT molecular complexity index is 723. The molecule has 0 aliphatic heterocycles. The Balaban J connectivity index is 1.89. The molecule has 0 spiro atoms. The molecule has 0 amide bonds. The summed E-state index contributed by atoms with van der Waals surface area (Å²) in [5.41, 5.74) is 2.65. The number of nitrogens with zero attached hydrogens (tertiary/aromatic N) is 3. The molecule has 0 aliphatic carbocycles. The Morgan fingerprint density at radius 3 is 2.86 bits per heavy atom. The Kier molecular flexibility index (Phi) is 4.06. The number of hydrogen-bond acceptors (Lipinski definition) is 2. The van der Waals surface area contributed by atoms with Crippen molar-refractivity contribution in [3.8, 4) is 0 Å². The average Bonchev–Trinajstić information content (AvgIpc) is 3.06. The molecular weight excluding hydrogens is 260 g/mol. The Labute approximate surface area is 125 Å². The van der Waals surface area contributed by atoms with Crippen molar-refractivity contribution in [1.82, 2.24) is 19.4 Å². The van der Waals surface area contributed by atoms with E-state index in [0.717, 1.165) is 31.9 Å². The highest BCUT2D eigenvalue weighted by Crippen LogP contribution is 2.20. The Hall–Kier alpha value is -2.07. The van der Waals surface area contributed by atoms with E-state index in [9.17, 15) is 0 Å². The number of para-hydroxylation sites is 1. The third-order valence-electron chi connectivity index (χ3n) is 3.93. The molecule has 3 aromatic rings. The maximum Gasteiger partial charge on any atom is 0.110 e. The lowest BCUT2D eigenvalue weighted by atomic mass is 10.2. The van der Waals surface area contributed by atoms with Gasteiger partial charge in [0.1, 0.15) is 5.82 Å². The first-order chi connectivity index (χ1) is 10.3. The van der Waals surface area contributed by atoms with Crippen LogP contribution in [0.3, 0.4) is 0 Å². The van der Waals surface area contributed by atoms with Crippen LogP contribution in [0.25, 0.3) is 10.9 Å². The Morgan fingerprint density at radius 2 is 2.10 bits per heavy atom. The van der Waals surface area contributed by atoms with Crippen LogP contribution in [-0.2, 0) is 26.6 Å². The van der Waals surface area contributed by atoms with Crippen molar-refractivity contribution in [1.29, 1.82) is 0 Å². The van der Waals surface area contributed by atoms with E-state index in [-0.39, 0.29) is 0 Å². The SMILES string of the molecule is CCNCc1cc2ccccc2n1CCc1nccn1C. The molecule has 1 N–H and O–H groups in total. The van der Waals surface area contributed by atoms with E-state index in [1.54, 1.807) is 0 Å². The van der Waals surface area contributed by atoms with Crippen LogP contribution in [0.2, 0.25) is 0 Å². The first-order valence-electron chi connectivity index (χ1n) is 7.53. The summed E-state index contributed by atoms with van der Waals surface area (Å²) in [6.45, 7) is 4.99. The predicted molar refractivity (Wildman–Crippen MR) is 86.2 cm³/mol. The van der Waals surface area contributed by atoms with Gasteiger partial charge in [0.15, 0.2) is 0 Å². The molecule has 4 heteroatoms. The van der Waals surface area contributed by atoms with Crippen LogP contribution in [-0.4, -0.2) is 20.7 Å². The maximum absolute atomic E-state index is 4.42. The van der Waals surface area contributed by atoms with Gasteiger partial charge in [0.2, 0.25) is 0 Å². The molecule has 2 heterocycles. The zero-order valence-electron chi connectivity index (χ0n) is 12.7. The van der Waals surface area contributed by atoms with Gasteiger partial charge in [0.05, 0.1) is 0 Å². The molecular formula is C17H22N4. The lowest BCUT2D eigenvalue weighted by Gasteiger charge is -2.11. The number of benzene rings is 1. The van der Waals surface area contributed by atoms with E-state index in [1.165, 1.54) is 16.6 Å². The summed E-state index contributed by atoms with van der Waals surface area (Å²) >= 11 is 0. The minimum absolute atomic E-state index is 0.908. The topological polar surface area (TPSA) is 34.8 Å². The van der Waals surface area contributed by atoms with E-state index < -0.39 is 0 Å². The fourth-order valence-corrected chi connectivity index (χ4v) is 2.78. The molecule has 0 unspecified atom stereocenters. The first-order valence-corrected chi connectivity index (χ1v) is 7.53. The van der Waals surface area contributed by atoms with Crippen molar-refractivity contribution in [2.24, 2.45) is 7.05 Å². The van der Waals surface area contributed by atoms with Crippen LogP contribution in [0.5, 0.6) is 0 Å². The standard InChI is InChI=1S/C17H22N4/c1-3-18-13-15-12-14-6-4-5-7-16(14)21(15)10-8-17-19-9-11-20(17)2/h4-7,9,11-12,18H,3,8,10,13H2,1-2H3. The molecule has 1 aromatic carbocycles. The summed E-state index contributed by atoms with van der Waals surface area (Å²) in [4.78, 5) is 4.42. The lowest BCUT2D eigenvalue weighted by molar-refractivity contribution is 0.614. The van der Waals surface area contributed by atoms with Gasteiger partial charge in [-0.1, -0.05) is 25.1 Å². The molecule has 0 radical (unpaired) electrons. The Morgan fingerprint density at radius 1 is 1.24 bits per heavy atom. The van der Waals surface area contributed by atoms with Crippen LogP contribution in [0.1, 0.15) is 18.4 Å². The number of imidazole rings is 1. The number of fused-ring (bicyclic) bond motifs is 1. The fraction of sp³-hybridized carbons (Fsp3) is 0.353. The highest BCUT2D eigenvalue weighted by Gasteiger charge is 2.09. The summed E-state index contributed by atoms with van der Waals surface area (Å²) in [6.07, 6.45) is 4.81. The molecule has 0 bridgehead atoms. The number of nitrogens with one attached hydrogen (secondary N) is 1. The van der Waals surface area contributed by atoms with Gasteiger partial charge in [-0.25, -0.2) is 4.98 Å². The second-order valence-electron chi connectivity index (χ2n) is 5.33. The van der Waals surface area contributed by atoms with Crippen molar-refractivity contribution in [2.45, 2.75) is 26.4 Å². The molecule has 3 rings (SSSR count). The summed E-state index contributed by atoms with van der Waals surface area (Å²) in [7, 11) is 2.05. The van der Waals surface area contributed by atoms with Gasteiger partial charge in [-0.2, -0.15) is 0 Å². The maximum atomic E-state index is 4.42. The molecule has 0 saturated carbocycles. The van der Waals surface area contributed by atoms with E-state index in [4.69, 9.17) is 0 Å². The molecule has 0 saturated heterocycles. The first kappa shape index (κ1) is 13.9. The van der Waals surface area contributed by atoms with Crippen LogP contribution >= 0.6 is 0 Å². The molecule has 2 aromatic heterocycles. The van der Waals surface area contributed by atoms with Gasteiger partial charge in [-0.05, 0) is 24.1 Å². The van der Waals surface area contributed by atoms with Crippen LogP contribution in [0.15, 0.2) is 42.7 Å². The van der Waals surface area contributed by atoms with E-state index >= 15 is 0 Å². The highest BCUT2D eigenvalue weighted by atomic mass is 15.1. The number of hydrogen-bond donors (Lipinski definition) is 1. The third-order valence-corrected chi connectivity index (χ3v) is 3.93.